The number of rotatable bonds is 8. The van der Waals surface area contributed by atoms with Crippen LogP contribution in [0.25, 0.3) is 0 Å². The first-order chi connectivity index (χ1) is 15.7. The van der Waals surface area contributed by atoms with Gasteiger partial charge >= 0.3 is 0 Å². The lowest BCUT2D eigenvalue weighted by Gasteiger charge is -2.28. The summed E-state index contributed by atoms with van der Waals surface area (Å²) in [5.41, 5.74) is 2.67. The largest absolute Gasteiger partial charge is 1.00 e. The van der Waals surface area contributed by atoms with Crippen LogP contribution in [0.4, 0.5) is 0 Å². The molecule has 0 bridgehead atoms. The van der Waals surface area contributed by atoms with Gasteiger partial charge in [0.15, 0.2) is 0 Å². The molecule has 0 saturated carbocycles. The first-order valence-corrected chi connectivity index (χ1v) is 13.2. The monoisotopic (exact) mass is 469 g/mol. The molecule has 4 rings (SSSR count). The summed E-state index contributed by atoms with van der Waals surface area (Å²) in [6.07, 6.45) is 2.82. The zero-order valence-corrected chi connectivity index (χ0v) is 20.6. The summed E-state index contributed by atoms with van der Waals surface area (Å²) in [6.45, 7) is 2.00. The Morgan fingerprint density at radius 1 is 0.667 bits per heavy atom. The van der Waals surface area contributed by atoms with E-state index in [1.807, 2.05) is 6.92 Å². The van der Waals surface area contributed by atoms with Crippen molar-refractivity contribution in [2.75, 3.05) is 0 Å². The molecule has 0 spiro atoms. The number of nitriles is 1. The maximum atomic E-state index is 9.15. The molecule has 3 heteroatoms. The fourth-order valence-electron chi connectivity index (χ4n) is 4.37. The van der Waals surface area contributed by atoms with Crippen LogP contribution in [0.3, 0.4) is 0 Å². The Kier molecular flexibility index (Phi) is 8.85. The Bertz CT molecular complexity index is 1070. The molecule has 1 nitrogen and oxygen atoms in total. The van der Waals surface area contributed by atoms with E-state index in [2.05, 4.69) is 121 Å². The molecular weight excluding hydrogens is 441 g/mol. The van der Waals surface area contributed by atoms with Crippen molar-refractivity contribution in [1.29, 1.82) is 5.26 Å². The van der Waals surface area contributed by atoms with Crippen LogP contribution < -0.4 is 28.3 Å². The zero-order valence-electron chi connectivity index (χ0n) is 18.9. The van der Waals surface area contributed by atoms with Gasteiger partial charge in [-0.3, -0.25) is 0 Å². The fraction of sp³-hybridized carbons (Fsp3) is 0.167. The molecule has 0 fully saturated rings. The fourth-order valence-corrected chi connectivity index (χ4v) is 8.60. The molecule has 0 aliphatic carbocycles. The molecule has 166 valence electrons. The highest BCUT2D eigenvalue weighted by Gasteiger charge is 2.45. The predicted molar refractivity (Wildman–Crippen MR) is 138 cm³/mol. The highest BCUT2D eigenvalue weighted by molar-refractivity contribution is 7.95. The van der Waals surface area contributed by atoms with Gasteiger partial charge < -0.3 is 12.4 Å². The lowest BCUT2D eigenvalue weighted by molar-refractivity contribution is -0.00000661. The van der Waals surface area contributed by atoms with Crippen molar-refractivity contribution in [3.05, 3.63) is 126 Å². The molecule has 0 aliphatic rings. The highest BCUT2D eigenvalue weighted by Crippen LogP contribution is 2.58. The second kappa shape index (κ2) is 11.8. The molecule has 0 saturated heterocycles. The molecule has 1 atom stereocenters. The first-order valence-electron chi connectivity index (χ1n) is 11.2. The summed E-state index contributed by atoms with van der Waals surface area (Å²) in [7, 11) is -1.89. The summed E-state index contributed by atoms with van der Waals surface area (Å²) in [5.74, 6) is 0.0863. The maximum Gasteiger partial charge on any atom is 0.116 e. The standard InChI is InChI=1S/C30H29NP.ClH/c1-25(23-31)20-21-26-12-11-13-27(22-26)24-32(28-14-5-2-6-15-28,29-16-7-3-8-17-29)30-18-9-4-10-19-30;/h2-19,22,25H,20-21,24H2,1H3;1H/q+1;/p-1. The van der Waals surface area contributed by atoms with Crippen LogP contribution in [-0.2, 0) is 12.6 Å². The molecule has 0 aromatic heterocycles. The number of halogens is 1. The number of aryl methyl sites for hydroxylation is 1. The Hall–Kier alpha value is -2.91. The Morgan fingerprint density at radius 3 is 1.58 bits per heavy atom. The summed E-state index contributed by atoms with van der Waals surface area (Å²) >= 11 is 0. The highest BCUT2D eigenvalue weighted by atomic mass is 35.5. The van der Waals surface area contributed by atoms with E-state index in [0.717, 1.165) is 19.0 Å². The number of nitrogens with zero attached hydrogens (tertiary/aromatic N) is 1. The van der Waals surface area contributed by atoms with E-state index >= 15 is 0 Å². The van der Waals surface area contributed by atoms with Crippen LogP contribution >= 0.6 is 7.26 Å². The minimum Gasteiger partial charge on any atom is -1.00 e. The first kappa shape index (κ1) is 24.7. The summed E-state index contributed by atoms with van der Waals surface area (Å²) < 4.78 is 0. The van der Waals surface area contributed by atoms with Gasteiger partial charge in [0.1, 0.15) is 23.2 Å². The summed E-state index contributed by atoms with van der Waals surface area (Å²) in [4.78, 5) is 0. The zero-order chi connectivity index (χ0) is 22.2. The van der Waals surface area contributed by atoms with Crippen LogP contribution in [-0.4, -0.2) is 0 Å². The van der Waals surface area contributed by atoms with Gasteiger partial charge in [-0.2, -0.15) is 5.26 Å². The smallest absolute Gasteiger partial charge is 0.116 e. The second-order valence-electron chi connectivity index (χ2n) is 8.36. The van der Waals surface area contributed by atoms with Crippen molar-refractivity contribution in [3.63, 3.8) is 0 Å². The molecule has 4 aromatic rings. The maximum absolute atomic E-state index is 9.15. The average molecular weight is 470 g/mol. The van der Waals surface area contributed by atoms with Crippen molar-refractivity contribution < 1.29 is 12.4 Å². The average Bonchev–Trinajstić information content (AvgIpc) is 2.87. The van der Waals surface area contributed by atoms with Crippen LogP contribution in [0.5, 0.6) is 0 Å². The topological polar surface area (TPSA) is 23.8 Å². The summed E-state index contributed by atoms with van der Waals surface area (Å²) in [6, 6.07) is 44.4. The predicted octanol–water partition coefficient (Wildman–Crippen LogP) is 3.28. The molecule has 33 heavy (non-hydrogen) atoms. The quantitative estimate of drug-likeness (QED) is 0.363. The molecule has 0 amide bonds. The lowest BCUT2D eigenvalue weighted by atomic mass is 10.0. The molecule has 4 aromatic carbocycles. The van der Waals surface area contributed by atoms with Gasteiger partial charge in [0.25, 0.3) is 0 Å². The van der Waals surface area contributed by atoms with Gasteiger partial charge in [0.2, 0.25) is 0 Å². The van der Waals surface area contributed by atoms with E-state index in [4.69, 9.17) is 5.26 Å². The van der Waals surface area contributed by atoms with Crippen LogP contribution in [0.15, 0.2) is 115 Å². The molecule has 1 unspecified atom stereocenters. The van der Waals surface area contributed by atoms with Crippen molar-refractivity contribution >= 4 is 23.2 Å². The molecule has 0 aliphatic heterocycles. The second-order valence-corrected chi connectivity index (χ2v) is 11.8. The SMILES string of the molecule is CC(C#N)CCc1cccc(C[P+](c2ccccc2)(c2ccccc2)c2ccccc2)c1.[Cl-]. The molecular formula is C30H29ClNP. The van der Waals surface area contributed by atoms with Crippen LogP contribution in [0.1, 0.15) is 24.5 Å². The van der Waals surface area contributed by atoms with Crippen LogP contribution in [0.2, 0.25) is 0 Å². The van der Waals surface area contributed by atoms with E-state index in [0.29, 0.717) is 0 Å². The van der Waals surface area contributed by atoms with Crippen LogP contribution in [0, 0.1) is 17.2 Å². The molecule has 0 radical (unpaired) electrons. The van der Waals surface area contributed by atoms with Gasteiger partial charge in [-0.25, -0.2) is 0 Å². The number of hydrogen-bond donors (Lipinski definition) is 0. The molecule has 0 N–H and O–H groups in total. The van der Waals surface area contributed by atoms with Gasteiger partial charge in [0, 0.05) is 5.92 Å². The van der Waals surface area contributed by atoms with Gasteiger partial charge in [-0.05, 0) is 67.3 Å². The van der Waals surface area contributed by atoms with E-state index < -0.39 is 7.26 Å². The molecule has 0 heterocycles. The Balaban J connectivity index is 0.00000306. The third kappa shape index (κ3) is 5.72. The van der Waals surface area contributed by atoms with E-state index in [9.17, 15) is 0 Å². The Morgan fingerprint density at radius 2 is 1.12 bits per heavy atom. The minimum atomic E-state index is -1.89. The Labute approximate surface area is 204 Å². The lowest BCUT2D eigenvalue weighted by Crippen LogP contribution is -3.00. The van der Waals surface area contributed by atoms with Crippen molar-refractivity contribution in [2.45, 2.75) is 25.9 Å². The van der Waals surface area contributed by atoms with Crippen molar-refractivity contribution in [1.82, 2.24) is 0 Å². The van der Waals surface area contributed by atoms with Gasteiger partial charge in [-0.15, -0.1) is 0 Å². The van der Waals surface area contributed by atoms with Crippen molar-refractivity contribution in [2.24, 2.45) is 5.92 Å². The third-order valence-corrected chi connectivity index (χ3v) is 10.5. The third-order valence-electron chi connectivity index (χ3n) is 6.09. The number of hydrogen-bond acceptors (Lipinski definition) is 1. The van der Waals surface area contributed by atoms with E-state index in [1.165, 1.54) is 27.0 Å². The minimum absolute atomic E-state index is 0. The van der Waals surface area contributed by atoms with Gasteiger partial charge in [0.05, 0.1) is 12.2 Å². The van der Waals surface area contributed by atoms with E-state index in [1.54, 1.807) is 0 Å². The van der Waals surface area contributed by atoms with E-state index in [-0.39, 0.29) is 18.3 Å². The van der Waals surface area contributed by atoms with Crippen molar-refractivity contribution in [3.8, 4) is 6.07 Å². The summed E-state index contributed by atoms with van der Waals surface area (Å²) in [5, 5.41) is 13.4. The number of benzene rings is 4. The van der Waals surface area contributed by atoms with Gasteiger partial charge in [-0.1, -0.05) is 78.9 Å². The normalized spacial score (nSPS) is 11.8.